The van der Waals surface area contributed by atoms with E-state index in [0.29, 0.717) is 5.69 Å². The summed E-state index contributed by atoms with van der Waals surface area (Å²) in [5.74, 6) is -1.20. The number of carbonyl (C=O) groups is 2. The molecule has 8 nitrogen and oxygen atoms in total. The highest BCUT2D eigenvalue weighted by molar-refractivity contribution is 7.92. The van der Waals surface area contributed by atoms with Crippen LogP contribution in [0.2, 0.25) is 0 Å². The number of aryl methyl sites for hydroxylation is 2. The number of primary amides is 1. The molecule has 0 aliphatic carbocycles. The Morgan fingerprint density at radius 3 is 2.41 bits per heavy atom. The zero-order valence-corrected chi connectivity index (χ0v) is 16.7. The molecule has 1 heterocycles. The van der Waals surface area contributed by atoms with Crippen molar-refractivity contribution >= 4 is 33.2 Å². The van der Waals surface area contributed by atoms with Crippen LogP contribution in [-0.2, 0) is 17.1 Å². The lowest BCUT2D eigenvalue weighted by Gasteiger charge is -2.12. The predicted molar refractivity (Wildman–Crippen MR) is 110 cm³/mol. The van der Waals surface area contributed by atoms with Gasteiger partial charge in [-0.3, -0.25) is 14.3 Å². The summed E-state index contributed by atoms with van der Waals surface area (Å²) in [6, 6.07) is 14.7. The van der Waals surface area contributed by atoms with E-state index in [2.05, 4.69) is 10.0 Å². The van der Waals surface area contributed by atoms with Gasteiger partial charge in [-0.1, -0.05) is 24.3 Å². The van der Waals surface area contributed by atoms with Crippen LogP contribution in [0.3, 0.4) is 0 Å². The summed E-state index contributed by atoms with van der Waals surface area (Å²) < 4.78 is 29.3. The lowest BCUT2D eigenvalue weighted by molar-refractivity contribution is 0.0990. The molecule has 0 fully saturated rings. The van der Waals surface area contributed by atoms with Crippen molar-refractivity contribution in [2.24, 2.45) is 12.8 Å². The summed E-state index contributed by atoms with van der Waals surface area (Å²) in [5, 5.41) is 2.75. The maximum absolute atomic E-state index is 12.8. The van der Waals surface area contributed by atoms with E-state index in [-0.39, 0.29) is 21.8 Å². The second-order valence-electron chi connectivity index (χ2n) is 6.51. The molecule has 0 saturated heterocycles. The van der Waals surface area contributed by atoms with Crippen molar-refractivity contribution in [3.05, 3.63) is 77.6 Å². The number of aromatic nitrogens is 1. The van der Waals surface area contributed by atoms with E-state index in [1.807, 2.05) is 19.1 Å². The maximum Gasteiger partial charge on any atom is 0.265 e. The van der Waals surface area contributed by atoms with Gasteiger partial charge in [0.05, 0.1) is 11.3 Å². The average molecular weight is 412 g/mol. The van der Waals surface area contributed by atoms with Crippen molar-refractivity contribution in [2.45, 2.75) is 11.8 Å². The van der Waals surface area contributed by atoms with Gasteiger partial charge in [0.1, 0.15) is 10.6 Å². The first-order valence-corrected chi connectivity index (χ1v) is 10.1. The molecule has 3 aromatic rings. The van der Waals surface area contributed by atoms with Crippen LogP contribution in [-0.4, -0.2) is 24.8 Å². The van der Waals surface area contributed by atoms with Crippen LogP contribution >= 0.6 is 0 Å². The number of benzene rings is 2. The van der Waals surface area contributed by atoms with Crippen molar-refractivity contribution in [1.82, 2.24) is 4.57 Å². The van der Waals surface area contributed by atoms with Crippen LogP contribution in [0.4, 0.5) is 11.4 Å². The van der Waals surface area contributed by atoms with Crippen molar-refractivity contribution in [3.8, 4) is 0 Å². The van der Waals surface area contributed by atoms with E-state index >= 15 is 0 Å². The van der Waals surface area contributed by atoms with Gasteiger partial charge in [-0.2, -0.15) is 0 Å². The number of anilines is 2. The zero-order chi connectivity index (χ0) is 21.2. The van der Waals surface area contributed by atoms with Crippen molar-refractivity contribution < 1.29 is 18.0 Å². The van der Waals surface area contributed by atoms with Gasteiger partial charge < -0.3 is 15.6 Å². The van der Waals surface area contributed by atoms with E-state index in [1.165, 1.54) is 36.0 Å². The van der Waals surface area contributed by atoms with Crippen LogP contribution in [0, 0.1) is 6.92 Å². The minimum atomic E-state index is -4.04. The predicted octanol–water partition coefficient (Wildman–Crippen LogP) is 2.49. The third-order valence-electron chi connectivity index (χ3n) is 4.23. The first kappa shape index (κ1) is 20.2. The fourth-order valence-electron chi connectivity index (χ4n) is 2.82. The second kappa shape index (κ2) is 7.80. The van der Waals surface area contributed by atoms with Crippen LogP contribution < -0.4 is 15.8 Å². The number of nitrogens with zero attached hydrogens (tertiary/aromatic N) is 1. The summed E-state index contributed by atoms with van der Waals surface area (Å²) >= 11 is 0. The number of hydrogen-bond donors (Lipinski definition) is 3. The summed E-state index contributed by atoms with van der Waals surface area (Å²) in [7, 11) is -2.53. The highest BCUT2D eigenvalue weighted by Crippen LogP contribution is 2.22. The number of sulfonamides is 1. The van der Waals surface area contributed by atoms with Gasteiger partial charge in [0.15, 0.2) is 0 Å². The van der Waals surface area contributed by atoms with Gasteiger partial charge in [-0.15, -0.1) is 0 Å². The standard InChI is InChI=1S/C20H20N4O4S/c1-13-6-5-7-14(10-13)22-20(26)16-8-3-4-9-17(16)23-29(27,28)15-11-18(19(21)25)24(2)12-15/h3-12,23H,1-2H3,(H2,21,25)(H,22,26). The minimum absolute atomic E-state index is 0.0517. The molecule has 9 heteroatoms. The van der Waals surface area contributed by atoms with Gasteiger partial charge in [0.2, 0.25) is 0 Å². The summed E-state index contributed by atoms with van der Waals surface area (Å²) in [6.07, 6.45) is 1.28. The quantitative estimate of drug-likeness (QED) is 0.575. The van der Waals surface area contributed by atoms with Gasteiger partial charge in [0, 0.05) is 18.9 Å². The van der Waals surface area contributed by atoms with E-state index < -0.39 is 21.8 Å². The van der Waals surface area contributed by atoms with E-state index in [9.17, 15) is 18.0 Å². The van der Waals surface area contributed by atoms with Gasteiger partial charge >= 0.3 is 0 Å². The number of hydrogen-bond acceptors (Lipinski definition) is 4. The molecule has 0 aliphatic heterocycles. The number of amides is 2. The molecule has 0 atom stereocenters. The molecule has 0 radical (unpaired) electrons. The van der Waals surface area contributed by atoms with Crippen molar-refractivity contribution in [1.29, 1.82) is 0 Å². The normalized spacial score (nSPS) is 11.1. The first-order valence-electron chi connectivity index (χ1n) is 8.63. The minimum Gasteiger partial charge on any atom is -0.364 e. The molecule has 0 spiro atoms. The van der Waals surface area contributed by atoms with E-state index in [0.717, 1.165) is 5.56 Å². The molecule has 2 amide bonds. The molecule has 4 N–H and O–H groups in total. The highest BCUT2D eigenvalue weighted by Gasteiger charge is 2.22. The lowest BCUT2D eigenvalue weighted by Crippen LogP contribution is -2.18. The molecule has 0 saturated carbocycles. The molecule has 2 aromatic carbocycles. The third kappa shape index (κ3) is 4.46. The molecule has 29 heavy (non-hydrogen) atoms. The number of carbonyl (C=O) groups excluding carboxylic acids is 2. The maximum atomic E-state index is 12.8. The molecular formula is C20H20N4O4S. The molecule has 0 unspecified atom stereocenters. The second-order valence-corrected chi connectivity index (χ2v) is 8.19. The van der Waals surface area contributed by atoms with Crippen LogP contribution in [0.5, 0.6) is 0 Å². The molecular weight excluding hydrogens is 392 g/mol. The first-order chi connectivity index (χ1) is 13.7. The van der Waals surface area contributed by atoms with E-state index in [4.69, 9.17) is 5.73 Å². The summed E-state index contributed by atoms with van der Waals surface area (Å²) in [4.78, 5) is 24.0. The third-order valence-corrected chi connectivity index (χ3v) is 5.57. The van der Waals surface area contributed by atoms with Gasteiger partial charge in [-0.25, -0.2) is 8.42 Å². The largest absolute Gasteiger partial charge is 0.364 e. The smallest absolute Gasteiger partial charge is 0.265 e. The van der Waals surface area contributed by atoms with Crippen molar-refractivity contribution in [3.63, 3.8) is 0 Å². The number of nitrogens with two attached hydrogens (primary N) is 1. The topological polar surface area (TPSA) is 123 Å². The van der Waals surface area contributed by atoms with E-state index in [1.54, 1.807) is 24.3 Å². The Labute approximate surface area is 168 Å². The Morgan fingerprint density at radius 2 is 1.76 bits per heavy atom. The molecule has 1 aromatic heterocycles. The van der Waals surface area contributed by atoms with Crippen LogP contribution in [0.15, 0.2) is 65.7 Å². The number of para-hydroxylation sites is 1. The fourth-order valence-corrected chi connectivity index (χ4v) is 3.97. The molecule has 0 bridgehead atoms. The molecule has 0 aliphatic rings. The van der Waals surface area contributed by atoms with Crippen molar-refractivity contribution in [2.75, 3.05) is 10.0 Å². The Kier molecular flexibility index (Phi) is 5.42. The Morgan fingerprint density at radius 1 is 1.03 bits per heavy atom. The monoisotopic (exact) mass is 412 g/mol. The SMILES string of the molecule is Cc1cccc(NC(=O)c2ccccc2NS(=O)(=O)c2cc(C(N)=O)n(C)c2)c1. The highest BCUT2D eigenvalue weighted by atomic mass is 32.2. The average Bonchev–Trinajstić information content (AvgIpc) is 3.05. The number of nitrogens with one attached hydrogen (secondary N) is 2. The fraction of sp³-hybridized carbons (Fsp3) is 0.100. The van der Waals surface area contributed by atoms with Gasteiger partial charge in [0.25, 0.3) is 21.8 Å². The molecule has 3 rings (SSSR count). The summed E-state index contributed by atoms with van der Waals surface area (Å²) in [5.41, 5.74) is 7.14. The Hall–Kier alpha value is -3.59. The summed E-state index contributed by atoms with van der Waals surface area (Å²) in [6.45, 7) is 1.90. The lowest BCUT2D eigenvalue weighted by atomic mass is 10.1. The Bertz CT molecular complexity index is 1200. The van der Waals surface area contributed by atoms with Crippen LogP contribution in [0.1, 0.15) is 26.4 Å². The van der Waals surface area contributed by atoms with Crippen LogP contribution in [0.25, 0.3) is 0 Å². The molecule has 150 valence electrons. The Balaban J connectivity index is 1.89. The number of rotatable bonds is 6. The zero-order valence-electron chi connectivity index (χ0n) is 15.8. The van der Waals surface area contributed by atoms with Gasteiger partial charge in [-0.05, 0) is 42.8 Å².